The van der Waals surface area contributed by atoms with Gasteiger partial charge in [0.05, 0.1) is 25.7 Å². The number of furan rings is 1. The molecule has 1 aromatic carbocycles. The Morgan fingerprint density at radius 3 is 2.81 bits per heavy atom. The summed E-state index contributed by atoms with van der Waals surface area (Å²) >= 11 is 0. The minimum atomic E-state index is -0.353. The molecule has 2 aliphatic heterocycles. The molecule has 9 rings (SSSR count). The average molecular weight is 490 g/mol. The topological polar surface area (TPSA) is 44.1 Å². The van der Waals surface area contributed by atoms with Gasteiger partial charge >= 0.3 is 0 Å². The zero-order valence-corrected chi connectivity index (χ0v) is 22.0. The van der Waals surface area contributed by atoms with Crippen molar-refractivity contribution in [2.75, 3.05) is 26.8 Å². The molecule has 4 saturated carbocycles. The molecule has 2 aromatic rings. The predicted octanol–water partition coefficient (Wildman–Crippen LogP) is 5.42. The van der Waals surface area contributed by atoms with Crippen LogP contribution < -0.4 is 4.74 Å². The van der Waals surface area contributed by atoms with E-state index in [4.69, 9.17) is 18.6 Å². The number of methoxy groups -OCH3 is 1. The lowest BCUT2D eigenvalue weighted by Gasteiger charge is -2.76. The number of fused-ring (bicyclic) bond motifs is 2. The molecule has 0 amide bonds. The van der Waals surface area contributed by atoms with Crippen LogP contribution in [0.25, 0.3) is 0 Å². The summed E-state index contributed by atoms with van der Waals surface area (Å²) in [6.07, 6.45) is 12.2. The molecule has 4 bridgehead atoms. The third-order valence-corrected chi connectivity index (χ3v) is 11.7. The van der Waals surface area contributed by atoms with Gasteiger partial charge in [0.1, 0.15) is 17.5 Å². The molecule has 1 unspecified atom stereocenters. The normalized spacial score (nSPS) is 41.9. The maximum Gasteiger partial charge on any atom is 0.139 e. The van der Waals surface area contributed by atoms with E-state index in [-0.39, 0.29) is 27.9 Å². The molecule has 6 atom stereocenters. The summed E-state index contributed by atoms with van der Waals surface area (Å²) in [6.45, 7) is 8.42. The molecule has 2 spiro atoms. The number of benzene rings is 1. The Bertz CT molecular complexity index is 1210. The summed E-state index contributed by atoms with van der Waals surface area (Å²) in [6, 6.07) is 7.31. The lowest BCUT2D eigenvalue weighted by molar-refractivity contribution is -0.314. The highest BCUT2D eigenvalue weighted by Gasteiger charge is 2.82. The fourth-order valence-electron chi connectivity index (χ4n) is 10.1. The van der Waals surface area contributed by atoms with Gasteiger partial charge in [-0.1, -0.05) is 19.1 Å². The summed E-state index contributed by atoms with van der Waals surface area (Å²) in [7, 11) is 1.94. The Morgan fingerprint density at radius 2 is 2.03 bits per heavy atom. The fourth-order valence-corrected chi connectivity index (χ4v) is 10.1. The SMILES string of the molecule is COC12CC[C@@]3(C[C@]1(C)COCc1ccoc1)[C@H]1Cc4ccc(C)c5c4[C@@]3(CCN1CC1CC1)[C@H]2O5. The van der Waals surface area contributed by atoms with Crippen molar-refractivity contribution in [3.63, 3.8) is 0 Å². The highest BCUT2D eigenvalue weighted by molar-refractivity contribution is 5.61. The maximum atomic E-state index is 7.19. The van der Waals surface area contributed by atoms with Crippen LogP contribution in [0.1, 0.15) is 67.7 Å². The zero-order chi connectivity index (χ0) is 24.3. The Hall–Kier alpha value is -1.82. The van der Waals surface area contributed by atoms with Gasteiger partial charge in [0.15, 0.2) is 0 Å². The van der Waals surface area contributed by atoms with E-state index in [1.165, 1.54) is 56.5 Å². The largest absolute Gasteiger partial charge is 0.486 e. The number of rotatable bonds is 7. The van der Waals surface area contributed by atoms with Crippen molar-refractivity contribution in [3.05, 3.63) is 53.0 Å². The third-order valence-electron chi connectivity index (χ3n) is 11.7. The standard InChI is InChI=1S/C31H39NO4/c1-20-4-7-23-14-24-29-9-10-31(33-3,28(2,18-29)19-35-17-22-8-13-34-16-22)27-30(29,25(23)26(20)36-27)11-12-32(24)15-21-5-6-21/h4,7-8,13,16,21,24,27H,5-6,9-12,14-15,17-19H2,1-3H3/t24-,27-,28-,29-,30+,31?/m1/s1. The lowest BCUT2D eigenvalue weighted by atomic mass is 9.32. The zero-order valence-electron chi connectivity index (χ0n) is 22.0. The van der Waals surface area contributed by atoms with Gasteiger partial charge in [-0.2, -0.15) is 0 Å². The van der Waals surface area contributed by atoms with Gasteiger partial charge in [-0.3, -0.25) is 4.90 Å². The highest BCUT2D eigenvalue weighted by atomic mass is 16.6. The van der Waals surface area contributed by atoms with E-state index >= 15 is 0 Å². The van der Waals surface area contributed by atoms with E-state index in [1.807, 2.05) is 13.2 Å². The molecule has 7 aliphatic rings. The van der Waals surface area contributed by atoms with Gasteiger partial charge < -0.3 is 18.6 Å². The van der Waals surface area contributed by atoms with Crippen molar-refractivity contribution in [2.24, 2.45) is 16.7 Å². The van der Waals surface area contributed by atoms with Gasteiger partial charge in [-0.05, 0) is 81.5 Å². The van der Waals surface area contributed by atoms with E-state index in [0.717, 1.165) is 24.3 Å². The molecule has 192 valence electrons. The summed E-state index contributed by atoms with van der Waals surface area (Å²) in [5.74, 6) is 2.10. The number of hydrogen-bond acceptors (Lipinski definition) is 5. The number of likely N-dealkylation sites (tertiary alicyclic amines) is 1. The second kappa shape index (κ2) is 7.18. The molecule has 0 radical (unpaired) electrons. The van der Waals surface area contributed by atoms with Crippen molar-refractivity contribution in [2.45, 2.75) is 88.6 Å². The van der Waals surface area contributed by atoms with Crippen molar-refractivity contribution >= 4 is 0 Å². The molecule has 1 saturated heterocycles. The van der Waals surface area contributed by atoms with Crippen molar-refractivity contribution in [3.8, 4) is 5.75 Å². The van der Waals surface area contributed by atoms with Crippen molar-refractivity contribution < 1.29 is 18.6 Å². The molecular weight excluding hydrogens is 450 g/mol. The molecule has 0 N–H and O–H groups in total. The van der Waals surface area contributed by atoms with Crippen LogP contribution in [0.3, 0.4) is 0 Å². The van der Waals surface area contributed by atoms with Crippen LogP contribution in [-0.2, 0) is 27.9 Å². The van der Waals surface area contributed by atoms with Crippen LogP contribution in [0.2, 0.25) is 0 Å². The summed E-state index contributed by atoms with van der Waals surface area (Å²) < 4.78 is 25.7. The van der Waals surface area contributed by atoms with Gasteiger partial charge in [0.25, 0.3) is 0 Å². The van der Waals surface area contributed by atoms with E-state index in [1.54, 1.807) is 23.7 Å². The first kappa shape index (κ1) is 22.2. The third kappa shape index (κ3) is 2.49. The van der Waals surface area contributed by atoms with Crippen molar-refractivity contribution in [1.29, 1.82) is 0 Å². The minimum Gasteiger partial charge on any atom is -0.486 e. The van der Waals surface area contributed by atoms with Crippen LogP contribution in [0.5, 0.6) is 5.75 Å². The molecule has 5 heteroatoms. The Balaban J connectivity index is 1.27. The number of aryl methyl sites for hydroxylation is 1. The first-order valence-corrected chi connectivity index (χ1v) is 14.1. The molecule has 36 heavy (non-hydrogen) atoms. The number of piperidine rings is 1. The van der Waals surface area contributed by atoms with Crippen LogP contribution in [0.4, 0.5) is 0 Å². The predicted molar refractivity (Wildman–Crippen MR) is 136 cm³/mol. The van der Waals surface area contributed by atoms with Gasteiger partial charge in [-0.25, -0.2) is 0 Å². The summed E-state index contributed by atoms with van der Waals surface area (Å²) in [5.41, 5.74) is 5.30. The number of hydrogen-bond donors (Lipinski definition) is 0. The maximum absolute atomic E-state index is 7.19. The minimum absolute atomic E-state index is 0.0563. The molecule has 5 fully saturated rings. The van der Waals surface area contributed by atoms with E-state index in [2.05, 4.69) is 30.9 Å². The molecule has 5 nitrogen and oxygen atoms in total. The van der Waals surface area contributed by atoms with E-state index in [0.29, 0.717) is 19.3 Å². The number of ether oxygens (including phenoxy) is 3. The van der Waals surface area contributed by atoms with Crippen LogP contribution in [0, 0.1) is 23.7 Å². The Morgan fingerprint density at radius 1 is 1.14 bits per heavy atom. The Labute approximate surface area is 214 Å². The van der Waals surface area contributed by atoms with Crippen LogP contribution in [0.15, 0.2) is 35.1 Å². The highest BCUT2D eigenvalue weighted by Crippen LogP contribution is 2.78. The fraction of sp³-hybridized carbons (Fsp3) is 0.677. The molecule has 5 aliphatic carbocycles. The summed E-state index contributed by atoms with van der Waals surface area (Å²) in [5, 5.41) is 0. The van der Waals surface area contributed by atoms with Gasteiger partial charge in [-0.15, -0.1) is 0 Å². The molecule has 1 aromatic heterocycles. The van der Waals surface area contributed by atoms with Gasteiger partial charge in [0.2, 0.25) is 0 Å². The first-order chi connectivity index (χ1) is 17.5. The monoisotopic (exact) mass is 489 g/mol. The average Bonchev–Trinajstić information content (AvgIpc) is 3.38. The molecule has 3 heterocycles. The van der Waals surface area contributed by atoms with Crippen molar-refractivity contribution in [1.82, 2.24) is 4.90 Å². The smallest absolute Gasteiger partial charge is 0.139 e. The van der Waals surface area contributed by atoms with E-state index in [9.17, 15) is 0 Å². The lowest BCUT2D eigenvalue weighted by Crippen LogP contribution is -2.83. The van der Waals surface area contributed by atoms with Crippen LogP contribution >= 0.6 is 0 Å². The quantitative estimate of drug-likeness (QED) is 0.520. The van der Waals surface area contributed by atoms with Gasteiger partial charge in [0, 0.05) is 47.1 Å². The second-order valence-corrected chi connectivity index (χ2v) is 13.2. The van der Waals surface area contributed by atoms with Crippen LogP contribution in [-0.4, -0.2) is 49.5 Å². The first-order valence-electron chi connectivity index (χ1n) is 14.1. The summed E-state index contributed by atoms with van der Waals surface area (Å²) in [4.78, 5) is 2.92. The second-order valence-electron chi connectivity index (χ2n) is 13.2. The van der Waals surface area contributed by atoms with E-state index < -0.39 is 0 Å². The molecular formula is C31H39NO4. The Kier molecular flexibility index (Phi) is 4.43. The number of nitrogens with zero attached hydrogens (tertiary/aromatic N) is 1.